The Kier molecular flexibility index (Phi) is 27.0. The highest BCUT2D eigenvalue weighted by atomic mass is 31.2. The zero-order valence-electron chi connectivity index (χ0n) is 26.8. The van der Waals surface area contributed by atoms with E-state index in [1.165, 1.54) is 70.6 Å². The average Bonchev–Trinajstić information content (AvgIpc) is 2.97. The van der Waals surface area contributed by atoms with Crippen molar-refractivity contribution in [3.63, 3.8) is 0 Å². The van der Waals surface area contributed by atoms with Crippen LogP contribution < -0.4 is 5.32 Å². The number of carbonyl (C=O) groups is 3. The third-order valence-corrected chi connectivity index (χ3v) is 8.10. The molecule has 4 N–H and O–H groups in total. The van der Waals surface area contributed by atoms with Gasteiger partial charge in [-0.15, -0.1) is 0 Å². The molecule has 0 aliphatic rings. The molecule has 0 spiro atoms. The molecule has 254 valence electrons. The summed E-state index contributed by atoms with van der Waals surface area (Å²) in [6.45, 7) is 2.50. The maximum Gasteiger partial charge on any atom is 0.472 e. The first-order valence-corrected chi connectivity index (χ1v) is 18.1. The van der Waals surface area contributed by atoms with Gasteiger partial charge < -0.3 is 25.2 Å². The number of phosphoric acid groups is 1. The van der Waals surface area contributed by atoms with Gasteiger partial charge in [-0.25, -0.2) is 9.36 Å². The molecule has 1 amide bonds. The zero-order valence-corrected chi connectivity index (χ0v) is 27.7. The first-order chi connectivity index (χ1) is 20.6. The van der Waals surface area contributed by atoms with Crippen LogP contribution >= 0.6 is 7.82 Å². The van der Waals surface area contributed by atoms with Crippen molar-refractivity contribution in [2.24, 2.45) is 0 Å². The van der Waals surface area contributed by atoms with Crippen molar-refractivity contribution >= 4 is 25.7 Å². The highest BCUT2D eigenvalue weighted by Gasteiger charge is 2.28. The molecule has 12 heteroatoms. The Labute approximate surface area is 259 Å². The van der Waals surface area contributed by atoms with Crippen LogP contribution in [0.15, 0.2) is 0 Å². The molecule has 0 rings (SSSR count). The van der Waals surface area contributed by atoms with Gasteiger partial charge in [-0.05, 0) is 12.8 Å². The van der Waals surface area contributed by atoms with Gasteiger partial charge in [0, 0.05) is 12.8 Å². The Hall–Kier alpha value is -1.52. The SMILES string of the molecule is CCCCCCCCCCCCCC(=O)NC(COP(=O)(O)OCC(O)COC(=O)CCCCCCCCCC)C(=O)O. The molecule has 0 heterocycles. The fourth-order valence-corrected chi connectivity index (χ4v) is 5.26. The fourth-order valence-electron chi connectivity index (χ4n) is 4.49. The smallest absolute Gasteiger partial charge is 0.472 e. The number of esters is 1. The van der Waals surface area contributed by atoms with E-state index in [1.54, 1.807) is 0 Å². The summed E-state index contributed by atoms with van der Waals surface area (Å²) in [5.74, 6) is -2.37. The number of carboxylic acid groups (broad SMARTS) is 1. The van der Waals surface area contributed by atoms with Crippen molar-refractivity contribution < 1.29 is 47.8 Å². The molecule has 0 aromatic heterocycles. The van der Waals surface area contributed by atoms with Crippen LogP contribution in [-0.4, -0.2) is 64.9 Å². The van der Waals surface area contributed by atoms with Gasteiger partial charge in [0.25, 0.3) is 0 Å². The molecule has 0 radical (unpaired) electrons. The Morgan fingerprint density at radius 1 is 0.651 bits per heavy atom. The maximum absolute atomic E-state index is 12.2. The van der Waals surface area contributed by atoms with E-state index < -0.39 is 57.6 Å². The number of amides is 1. The number of carbonyl (C=O) groups excluding carboxylic acids is 2. The van der Waals surface area contributed by atoms with Crippen molar-refractivity contribution in [2.75, 3.05) is 19.8 Å². The second kappa shape index (κ2) is 28.0. The minimum Gasteiger partial charge on any atom is -0.480 e. The molecule has 0 fully saturated rings. The zero-order chi connectivity index (χ0) is 32.2. The minimum atomic E-state index is -4.73. The van der Waals surface area contributed by atoms with Gasteiger partial charge in [0.2, 0.25) is 5.91 Å². The second-order valence-corrected chi connectivity index (χ2v) is 12.8. The average molecular weight is 638 g/mol. The lowest BCUT2D eigenvalue weighted by molar-refractivity contribution is -0.147. The molecule has 0 bridgehead atoms. The molecule has 0 saturated heterocycles. The summed E-state index contributed by atoms with van der Waals surface area (Å²) in [6, 6.07) is -1.54. The molecular formula is C31H60NO10P. The van der Waals surface area contributed by atoms with Crippen molar-refractivity contribution in [3.05, 3.63) is 0 Å². The number of phosphoric ester groups is 1. The van der Waals surface area contributed by atoms with E-state index in [4.69, 9.17) is 13.8 Å². The number of ether oxygens (including phenoxy) is 1. The Morgan fingerprint density at radius 3 is 1.53 bits per heavy atom. The number of rotatable bonds is 31. The summed E-state index contributed by atoms with van der Waals surface area (Å²) in [4.78, 5) is 45.3. The van der Waals surface area contributed by atoms with Crippen LogP contribution in [0.2, 0.25) is 0 Å². The van der Waals surface area contributed by atoms with Crippen molar-refractivity contribution in [3.8, 4) is 0 Å². The molecule has 0 aliphatic heterocycles. The lowest BCUT2D eigenvalue weighted by atomic mass is 10.1. The highest BCUT2D eigenvalue weighted by molar-refractivity contribution is 7.47. The quantitative estimate of drug-likeness (QED) is 0.0359. The van der Waals surface area contributed by atoms with E-state index >= 15 is 0 Å². The van der Waals surface area contributed by atoms with Gasteiger partial charge in [-0.1, -0.05) is 123 Å². The van der Waals surface area contributed by atoms with Crippen molar-refractivity contribution in [1.82, 2.24) is 5.32 Å². The molecular weight excluding hydrogens is 577 g/mol. The van der Waals surface area contributed by atoms with E-state index in [2.05, 4.69) is 19.2 Å². The Bertz CT molecular complexity index is 767. The molecule has 3 unspecified atom stereocenters. The van der Waals surface area contributed by atoms with Gasteiger partial charge in [0.15, 0.2) is 6.04 Å². The first kappa shape index (κ1) is 41.5. The molecule has 0 aromatic rings. The molecule has 0 aliphatic carbocycles. The largest absolute Gasteiger partial charge is 0.480 e. The predicted octanol–water partition coefficient (Wildman–Crippen LogP) is 6.83. The fraction of sp³-hybridized carbons (Fsp3) is 0.903. The van der Waals surface area contributed by atoms with Gasteiger partial charge in [-0.2, -0.15) is 0 Å². The van der Waals surface area contributed by atoms with Gasteiger partial charge in [0.05, 0.1) is 13.2 Å². The molecule has 0 saturated carbocycles. The maximum atomic E-state index is 12.2. The van der Waals surface area contributed by atoms with Gasteiger partial charge >= 0.3 is 19.8 Å². The predicted molar refractivity (Wildman–Crippen MR) is 167 cm³/mol. The second-order valence-electron chi connectivity index (χ2n) is 11.4. The van der Waals surface area contributed by atoms with Crippen LogP contribution in [0.3, 0.4) is 0 Å². The molecule has 43 heavy (non-hydrogen) atoms. The lowest BCUT2D eigenvalue weighted by Crippen LogP contribution is -2.43. The van der Waals surface area contributed by atoms with Crippen LogP contribution in [0.1, 0.15) is 149 Å². The number of aliphatic carboxylic acids is 1. The number of hydrogen-bond donors (Lipinski definition) is 4. The standard InChI is InChI=1S/C31H60NO10P/c1-3-5-7-9-11-13-14-15-16-18-20-22-29(34)32-28(31(36)37)26-42-43(38,39)41-25-27(33)24-40-30(35)23-21-19-17-12-10-8-6-4-2/h27-28,33H,3-26H2,1-2H3,(H,32,34)(H,36,37)(H,38,39). The van der Waals surface area contributed by atoms with Crippen LogP contribution in [-0.2, 0) is 32.7 Å². The number of aliphatic hydroxyl groups is 1. The van der Waals surface area contributed by atoms with Crippen LogP contribution in [0.25, 0.3) is 0 Å². The van der Waals surface area contributed by atoms with E-state index in [-0.39, 0.29) is 12.8 Å². The number of carboxylic acids is 1. The Morgan fingerprint density at radius 2 is 1.07 bits per heavy atom. The third kappa shape index (κ3) is 27.7. The van der Waals surface area contributed by atoms with E-state index in [0.717, 1.165) is 38.5 Å². The van der Waals surface area contributed by atoms with Crippen LogP contribution in [0.4, 0.5) is 0 Å². The van der Waals surface area contributed by atoms with E-state index in [9.17, 15) is 34.1 Å². The monoisotopic (exact) mass is 637 g/mol. The summed E-state index contributed by atoms with van der Waals surface area (Å²) >= 11 is 0. The number of unbranched alkanes of at least 4 members (excludes halogenated alkanes) is 17. The van der Waals surface area contributed by atoms with Gasteiger partial charge in [0.1, 0.15) is 12.7 Å². The third-order valence-electron chi connectivity index (χ3n) is 7.15. The summed E-state index contributed by atoms with van der Waals surface area (Å²) in [5, 5.41) is 21.6. The van der Waals surface area contributed by atoms with E-state index in [0.29, 0.717) is 12.8 Å². The minimum absolute atomic E-state index is 0.151. The van der Waals surface area contributed by atoms with Gasteiger partial charge in [-0.3, -0.25) is 18.6 Å². The number of hydrogen-bond acceptors (Lipinski definition) is 8. The van der Waals surface area contributed by atoms with Crippen LogP contribution in [0.5, 0.6) is 0 Å². The molecule has 0 aromatic carbocycles. The van der Waals surface area contributed by atoms with E-state index in [1.807, 2.05) is 0 Å². The summed E-state index contributed by atoms with van der Waals surface area (Å²) in [5.41, 5.74) is 0. The molecule has 11 nitrogen and oxygen atoms in total. The molecule has 3 atom stereocenters. The number of nitrogens with one attached hydrogen (secondary N) is 1. The normalized spacial score (nSPS) is 14.1. The summed E-state index contributed by atoms with van der Waals surface area (Å²) in [7, 11) is -4.73. The highest BCUT2D eigenvalue weighted by Crippen LogP contribution is 2.43. The lowest BCUT2D eigenvalue weighted by Gasteiger charge is -2.18. The van der Waals surface area contributed by atoms with Crippen molar-refractivity contribution in [2.45, 2.75) is 161 Å². The topological polar surface area (TPSA) is 169 Å². The first-order valence-electron chi connectivity index (χ1n) is 16.6. The number of aliphatic hydroxyl groups excluding tert-OH is 1. The summed E-state index contributed by atoms with van der Waals surface area (Å²) < 4.78 is 26.5. The Balaban J connectivity index is 4.04. The summed E-state index contributed by atoms with van der Waals surface area (Å²) in [6.07, 6.45) is 20.2. The van der Waals surface area contributed by atoms with Crippen LogP contribution in [0, 0.1) is 0 Å². The van der Waals surface area contributed by atoms with Crippen molar-refractivity contribution in [1.29, 1.82) is 0 Å².